The predicted molar refractivity (Wildman–Crippen MR) is 66.6 cm³/mol. The first-order valence-corrected chi connectivity index (χ1v) is 5.42. The van der Waals surface area contributed by atoms with Crippen molar-refractivity contribution in [3.8, 4) is 0 Å². The highest BCUT2D eigenvalue weighted by Gasteiger charge is 2.11. The highest BCUT2D eigenvalue weighted by atomic mass is 16.3. The van der Waals surface area contributed by atoms with Crippen LogP contribution >= 0.6 is 0 Å². The molecule has 0 radical (unpaired) electrons. The number of nitrogens with two attached hydrogens (primary N) is 1. The number of hydrogen-bond acceptors (Lipinski definition) is 2. The van der Waals surface area contributed by atoms with Crippen molar-refractivity contribution in [1.29, 1.82) is 0 Å². The Morgan fingerprint density at radius 1 is 1.18 bits per heavy atom. The number of amides is 1. The lowest BCUT2D eigenvalue weighted by Gasteiger charge is -2.00. The predicted octanol–water partition coefficient (Wildman–Crippen LogP) is 2.61. The Kier molecular flexibility index (Phi) is 2.11. The molecule has 0 aliphatic heterocycles. The fraction of sp³-hybridized carbons (Fsp3) is 0.0714. The second kappa shape index (κ2) is 3.63. The zero-order valence-electron chi connectivity index (χ0n) is 9.14. The molecule has 0 spiro atoms. The zero-order valence-corrected chi connectivity index (χ0v) is 9.14. The minimum atomic E-state index is -0.347. The SMILES string of the molecule is NC(=O)Cc1coc2ccc3ccccc3c12. The summed E-state index contributed by atoms with van der Waals surface area (Å²) >= 11 is 0. The second-order valence-electron chi connectivity index (χ2n) is 4.06. The van der Waals surface area contributed by atoms with Gasteiger partial charge in [0.15, 0.2) is 0 Å². The van der Waals surface area contributed by atoms with E-state index in [-0.39, 0.29) is 12.3 Å². The van der Waals surface area contributed by atoms with Gasteiger partial charge in [0.05, 0.1) is 12.7 Å². The molecule has 0 atom stereocenters. The minimum absolute atomic E-state index is 0.209. The maximum atomic E-state index is 11.0. The van der Waals surface area contributed by atoms with Crippen LogP contribution < -0.4 is 5.73 Å². The quantitative estimate of drug-likeness (QED) is 0.728. The molecule has 17 heavy (non-hydrogen) atoms. The van der Waals surface area contributed by atoms with E-state index in [1.165, 1.54) is 0 Å². The molecule has 0 bridgehead atoms. The number of carbonyl (C=O) groups excluding carboxylic acids is 1. The minimum Gasteiger partial charge on any atom is -0.464 e. The fourth-order valence-electron chi connectivity index (χ4n) is 2.19. The van der Waals surface area contributed by atoms with Gasteiger partial charge in [-0.1, -0.05) is 30.3 Å². The number of furan rings is 1. The first kappa shape index (κ1) is 9.90. The number of fused-ring (bicyclic) bond motifs is 3. The molecule has 84 valence electrons. The van der Waals surface area contributed by atoms with E-state index in [1.54, 1.807) is 6.26 Å². The largest absolute Gasteiger partial charge is 0.464 e. The van der Waals surface area contributed by atoms with E-state index in [9.17, 15) is 4.79 Å². The summed E-state index contributed by atoms with van der Waals surface area (Å²) in [5, 5.41) is 3.21. The molecule has 3 aromatic rings. The average Bonchev–Trinajstić information content (AvgIpc) is 2.72. The molecule has 1 heterocycles. The topological polar surface area (TPSA) is 56.2 Å². The molecule has 0 saturated heterocycles. The lowest BCUT2D eigenvalue weighted by molar-refractivity contribution is -0.117. The summed E-state index contributed by atoms with van der Waals surface area (Å²) in [5.74, 6) is -0.347. The lowest BCUT2D eigenvalue weighted by atomic mass is 10.0. The van der Waals surface area contributed by atoms with Crippen LogP contribution in [0.3, 0.4) is 0 Å². The number of carbonyl (C=O) groups is 1. The molecule has 0 aliphatic rings. The van der Waals surface area contributed by atoms with Gasteiger partial charge >= 0.3 is 0 Å². The summed E-state index contributed by atoms with van der Waals surface area (Å²) in [4.78, 5) is 11.0. The molecule has 0 aliphatic carbocycles. The summed E-state index contributed by atoms with van der Waals surface area (Å²) in [6, 6.07) is 12.0. The molecule has 3 heteroatoms. The monoisotopic (exact) mass is 225 g/mol. The second-order valence-corrected chi connectivity index (χ2v) is 4.06. The highest BCUT2D eigenvalue weighted by Crippen LogP contribution is 2.29. The molecular weight excluding hydrogens is 214 g/mol. The van der Waals surface area contributed by atoms with Crippen LogP contribution in [0.1, 0.15) is 5.56 Å². The van der Waals surface area contributed by atoms with Crippen LogP contribution in [0.4, 0.5) is 0 Å². The molecule has 0 unspecified atom stereocenters. The third kappa shape index (κ3) is 1.56. The Labute approximate surface area is 97.8 Å². The summed E-state index contributed by atoms with van der Waals surface area (Å²) in [7, 11) is 0. The maximum absolute atomic E-state index is 11.0. The van der Waals surface area contributed by atoms with E-state index in [0.29, 0.717) is 0 Å². The number of benzene rings is 2. The Bertz CT molecular complexity index is 712. The molecule has 3 nitrogen and oxygen atoms in total. The molecule has 1 amide bonds. The molecule has 1 aromatic heterocycles. The normalized spacial score (nSPS) is 11.1. The van der Waals surface area contributed by atoms with E-state index in [0.717, 1.165) is 27.3 Å². The van der Waals surface area contributed by atoms with Gasteiger partial charge in [0, 0.05) is 10.9 Å². The van der Waals surface area contributed by atoms with Crippen LogP contribution in [0.5, 0.6) is 0 Å². The van der Waals surface area contributed by atoms with Crippen molar-refractivity contribution in [2.24, 2.45) is 5.73 Å². The Balaban J connectivity index is 2.38. The number of primary amides is 1. The molecule has 0 fully saturated rings. The van der Waals surface area contributed by atoms with E-state index < -0.39 is 0 Å². The van der Waals surface area contributed by atoms with Gasteiger partial charge in [0.1, 0.15) is 5.58 Å². The van der Waals surface area contributed by atoms with Crippen molar-refractivity contribution < 1.29 is 9.21 Å². The van der Waals surface area contributed by atoms with Crippen molar-refractivity contribution in [2.45, 2.75) is 6.42 Å². The van der Waals surface area contributed by atoms with Crippen molar-refractivity contribution in [2.75, 3.05) is 0 Å². The van der Waals surface area contributed by atoms with Gasteiger partial charge in [-0.25, -0.2) is 0 Å². The van der Waals surface area contributed by atoms with Crippen LogP contribution in [0.15, 0.2) is 47.1 Å². The summed E-state index contributed by atoms with van der Waals surface area (Å²) in [5.41, 5.74) is 6.88. The van der Waals surface area contributed by atoms with Crippen LogP contribution in [-0.2, 0) is 11.2 Å². The Morgan fingerprint density at radius 3 is 2.82 bits per heavy atom. The van der Waals surface area contributed by atoms with Crippen LogP contribution in [0.2, 0.25) is 0 Å². The van der Waals surface area contributed by atoms with Crippen molar-refractivity contribution in [3.05, 3.63) is 48.2 Å². The third-order valence-electron chi connectivity index (χ3n) is 2.90. The first-order valence-electron chi connectivity index (χ1n) is 5.42. The number of hydrogen-bond donors (Lipinski definition) is 1. The standard InChI is InChI=1S/C14H11NO2/c15-13(16)7-10-8-17-12-6-5-9-3-1-2-4-11(9)14(10)12/h1-6,8H,7H2,(H2,15,16). The Morgan fingerprint density at radius 2 is 2.00 bits per heavy atom. The molecule has 3 rings (SSSR count). The van der Waals surface area contributed by atoms with Gasteiger partial charge in [-0.15, -0.1) is 0 Å². The summed E-state index contributed by atoms with van der Waals surface area (Å²) in [6.45, 7) is 0. The van der Waals surface area contributed by atoms with E-state index >= 15 is 0 Å². The van der Waals surface area contributed by atoms with Gasteiger partial charge < -0.3 is 10.2 Å². The zero-order chi connectivity index (χ0) is 11.8. The molecular formula is C14H11NO2. The highest BCUT2D eigenvalue weighted by molar-refractivity contribution is 6.08. The van der Waals surface area contributed by atoms with Gasteiger partial charge in [-0.3, -0.25) is 4.79 Å². The van der Waals surface area contributed by atoms with Crippen LogP contribution in [0, 0.1) is 0 Å². The smallest absolute Gasteiger partial charge is 0.221 e. The summed E-state index contributed by atoms with van der Waals surface area (Å²) < 4.78 is 5.45. The van der Waals surface area contributed by atoms with Crippen molar-refractivity contribution in [1.82, 2.24) is 0 Å². The van der Waals surface area contributed by atoms with Crippen LogP contribution in [-0.4, -0.2) is 5.91 Å². The molecule has 2 aromatic carbocycles. The average molecular weight is 225 g/mol. The molecule has 0 saturated carbocycles. The van der Waals surface area contributed by atoms with Gasteiger partial charge in [-0.05, 0) is 16.8 Å². The van der Waals surface area contributed by atoms with E-state index in [1.807, 2.05) is 36.4 Å². The van der Waals surface area contributed by atoms with Gasteiger partial charge in [0.2, 0.25) is 5.91 Å². The van der Waals surface area contributed by atoms with Crippen LogP contribution in [0.25, 0.3) is 21.7 Å². The third-order valence-corrected chi connectivity index (χ3v) is 2.90. The Hall–Kier alpha value is -2.29. The van der Waals surface area contributed by atoms with Gasteiger partial charge in [0.25, 0.3) is 0 Å². The van der Waals surface area contributed by atoms with Crippen molar-refractivity contribution in [3.63, 3.8) is 0 Å². The number of rotatable bonds is 2. The molecule has 2 N–H and O–H groups in total. The van der Waals surface area contributed by atoms with E-state index in [4.69, 9.17) is 10.2 Å². The first-order chi connectivity index (χ1) is 8.25. The van der Waals surface area contributed by atoms with Gasteiger partial charge in [-0.2, -0.15) is 0 Å². The lowest BCUT2D eigenvalue weighted by Crippen LogP contribution is -2.13. The summed E-state index contributed by atoms with van der Waals surface area (Å²) in [6.07, 6.45) is 1.82. The fourth-order valence-corrected chi connectivity index (χ4v) is 2.19. The van der Waals surface area contributed by atoms with E-state index in [2.05, 4.69) is 0 Å². The van der Waals surface area contributed by atoms with Crippen molar-refractivity contribution >= 4 is 27.6 Å². The maximum Gasteiger partial charge on any atom is 0.221 e.